The van der Waals surface area contributed by atoms with Gasteiger partial charge in [-0.2, -0.15) is 4.98 Å². The summed E-state index contributed by atoms with van der Waals surface area (Å²) >= 11 is 0. The Labute approximate surface area is 136 Å². The van der Waals surface area contributed by atoms with Gasteiger partial charge in [0.05, 0.1) is 12.1 Å². The van der Waals surface area contributed by atoms with Gasteiger partial charge in [-0.05, 0) is 57.3 Å². The first-order valence-electron chi connectivity index (χ1n) is 8.24. The summed E-state index contributed by atoms with van der Waals surface area (Å²) in [7, 11) is 0. The highest BCUT2D eigenvalue weighted by Crippen LogP contribution is 2.32. The molecular formula is C17H25N5O. The largest absolute Gasteiger partial charge is 0.493 e. The molecule has 2 aromatic rings. The quantitative estimate of drug-likeness (QED) is 0.823. The van der Waals surface area contributed by atoms with Crippen molar-refractivity contribution in [3.05, 3.63) is 17.2 Å². The molecule has 1 aliphatic rings. The molecule has 23 heavy (non-hydrogen) atoms. The van der Waals surface area contributed by atoms with Gasteiger partial charge in [0.15, 0.2) is 0 Å². The zero-order valence-corrected chi connectivity index (χ0v) is 13.9. The van der Waals surface area contributed by atoms with E-state index in [9.17, 15) is 0 Å². The van der Waals surface area contributed by atoms with Gasteiger partial charge in [0.2, 0.25) is 5.95 Å². The van der Waals surface area contributed by atoms with Crippen LogP contribution in [-0.4, -0.2) is 41.1 Å². The zero-order chi connectivity index (χ0) is 16.4. The second-order valence-electron chi connectivity index (χ2n) is 6.24. The standard InChI is InChI=1S/C17H25N5O/c1-11-12(2)15-13(20-17(19)21-16(15)18)10-14(11)23-9-5-8-22-6-3-4-7-22/h10H,3-9H2,1-2H3,(H4,18,19,20,21). The molecule has 1 aromatic carbocycles. The molecule has 0 atom stereocenters. The SMILES string of the molecule is Cc1c(OCCCN2CCCC2)cc2nc(N)nc(N)c2c1C. The number of nitrogens with two attached hydrogens (primary N) is 2. The number of hydrogen-bond donors (Lipinski definition) is 2. The summed E-state index contributed by atoms with van der Waals surface area (Å²) in [5, 5.41) is 0.862. The minimum atomic E-state index is 0.193. The second kappa shape index (κ2) is 6.58. The number of nitrogen functional groups attached to an aromatic ring is 2. The van der Waals surface area contributed by atoms with Crippen molar-refractivity contribution >= 4 is 22.7 Å². The van der Waals surface area contributed by atoms with Crippen LogP contribution in [0.1, 0.15) is 30.4 Å². The third-order valence-corrected chi connectivity index (χ3v) is 4.63. The molecular weight excluding hydrogens is 290 g/mol. The van der Waals surface area contributed by atoms with Crippen molar-refractivity contribution in [3.63, 3.8) is 0 Å². The number of likely N-dealkylation sites (tertiary alicyclic amines) is 1. The van der Waals surface area contributed by atoms with E-state index in [4.69, 9.17) is 16.2 Å². The molecule has 6 nitrogen and oxygen atoms in total. The molecule has 1 aliphatic heterocycles. The molecule has 3 rings (SSSR count). The fourth-order valence-electron chi connectivity index (χ4n) is 3.23. The van der Waals surface area contributed by atoms with E-state index in [-0.39, 0.29) is 5.95 Å². The summed E-state index contributed by atoms with van der Waals surface area (Å²) in [4.78, 5) is 10.8. The van der Waals surface area contributed by atoms with Crippen molar-refractivity contribution in [1.29, 1.82) is 0 Å². The van der Waals surface area contributed by atoms with Crippen LogP contribution in [0.5, 0.6) is 5.75 Å². The van der Waals surface area contributed by atoms with Crippen molar-refractivity contribution in [2.45, 2.75) is 33.1 Å². The van der Waals surface area contributed by atoms with Gasteiger partial charge in [-0.1, -0.05) is 0 Å². The van der Waals surface area contributed by atoms with E-state index in [1.54, 1.807) is 0 Å². The van der Waals surface area contributed by atoms with Gasteiger partial charge in [0, 0.05) is 18.0 Å². The molecule has 0 amide bonds. The molecule has 0 bridgehead atoms. The van der Waals surface area contributed by atoms with E-state index in [1.165, 1.54) is 25.9 Å². The zero-order valence-electron chi connectivity index (χ0n) is 13.9. The molecule has 0 radical (unpaired) electrons. The lowest BCUT2D eigenvalue weighted by Gasteiger charge is -2.17. The number of fused-ring (bicyclic) bond motifs is 1. The third kappa shape index (κ3) is 3.32. The van der Waals surface area contributed by atoms with Gasteiger partial charge in [-0.25, -0.2) is 4.98 Å². The van der Waals surface area contributed by atoms with E-state index >= 15 is 0 Å². The minimum Gasteiger partial charge on any atom is -0.493 e. The van der Waals surface area contributed by atoms with Gasteiger partial charge in [0.25, 0.3) is 0 Å². The van der Waals surface area contributed by atoms with E-state index in [0.717, 1.165) is 40.7 Å². The topological polar surface area (TPSA) is 90.3 Å². The lowest BCUT2D eigenvalue weighted by atomic mass is 10.0. The number of nitrogens with zero attached hydrogens (tertiary/aromatic N) is 3. The highest BCUT2D eigenvalue weighted by Gasteiger charge is 2.14. The maximum Gasteiger partial charge on any atom is 0.222 e. The third-order valence-electron chi connectivity index (χ3n) is 4.63. The number of hydrogen-bond acceptors (Lipinski definition) is 6. The number of benzene rings is 1. The number of aromatic nitrogens is 2. The predicted octanol–water partition coefficient (Wildman–Crippen LogP) is 2.28. The Morgan fingerprint density at radius 1 is 1.13 bits per heavy atom. The van der Waals surface area contributed by atoms with Gasteiger partial charge in [0.1, 0.15) is 11.6 Å². The molecule has 4 N–H and O–H groups in total. The maximum absolute atomic E-state index is 6.00. The molecule has 0 saturated carbocycles. The number of rotatable bonds is 5. The molecule has 0 aliphatic carbocycles. The Hall–Kier alpha value is -2.08. The molecule has 6 heteroatoms. The highest BCUT2D eigenvalue weighted by molar-refractivity contribution is 5.93. The molecule has 0 spiro atoms. The van der Waals surface area contributed by atoms with E-state index in [0.29, 0.717) is 12.4 Å². The van der Waals surface area contributed by atoms with E-state index in [2.05, 4.69) is 14.9 Å². The molecule has 1 aromatic heterocycles. The average Bonchev–Trinajstić information content (AvgIpc) is 3.01. The minimum absolute atomic E-state index is 0.193. The Balaban J connectivity index is 1.74. The second-order valence-corrected chi connectivity index (χ2v) is 6.24. The first-order valence-corrected chi connectivity index (χ1v) is 8.24. The fourth-order valence-corrected chi connectivity index (χ4v) is 3.23. The first-order chi connectivity index (χ1) is 11.1. The fraction of sp³-hybridized carbons (Fsp3) is 0.529. The van der Waals surface area contributed by atoms with Crippen molar-refractivity contribution in [2.24, 2.45) is 0 Å². The normalized spacial score (nSPS) is 15.4. The van der Waals surface area contributed by atoms with Crippen LogP contribution in [0.25, 0.3) is 10.9 Å². The lowest BCUT2D eigenvalue weighted by molar-refractivity contribution is 0.262. The van der Waals surface area contributed by atoms with Crippen LogP contribution >= 0.6 is 0 Å². The summed E-state index contributed by atoms with van der Waals surface area (Å²) < 4.78 is 6.00. The van der Waals surface area contributed by atoms with Crippen molar-refractivity contribution in [1.82, 2.24) is 14.9 Å². The van der Waals surface area contributed by atoms with E-state index < -0.39 is 0 Å². The Kier molecular flexibility index (Phi) is 4.52. The van der Waals surface area contributed by atoms with Crippen LogP contribution in [0.2, 0.25) is 0 Å². The number of aryl methyl sites for hydroxylation is 1. The maximum atomic E-state index is 6.00. The van der Waals surface area contributed by atoms with Crippen LogP contribution in [0, 0.1) is 13.8 Å². The lowest BCUT2D eigenvalue weighted by Crippen LogP contribution is -2.22. The van der Waals surface area contributed by atoms with Crippen LogP contribution in [-0.2, 0) is 0 Å². The average molecular weight is 315 g/mol. The molecule has 2 heterocycles. The Morgan fingerprint density at radius 2 is 1.87 bits per heavy atom. The van der Waals surface area contributed by atoms with Crippen LogP contribution in [0.4, 0.5) is 11.8 Å². The smallest absolute Gasteiger partial charge is 0.222 e. The monoisotopic (exact) mass is 315 g/mol. The van der Waals surface area contributed by atoms with Crippen molar-refractivity contribution in [3.8, 4) is 5.75 Å². The predicted molar refractivity (Wildman–Crippen MR) is 93.6 cm³/mol. The van der Waals surface area contributed by atoms with Gasteiger partial charge in [-0.3, -0.25) is 0 Å². The van der Waals surface area contributed by atoms with Gasteiger partial charge < -0.3 is 21.1 Å². The van der Waals surface area contributed by atoms with Crippen LogP contribution < -0.4 is 16.2 Å². The van der Waals surface area contributed by atoms with Gasteiger partial charge >= 0.3 is 0 Å². The molecule has 124 valence electrons. The number of ether oxygens (including phenoxy) is 1. The molecule has 1 saturated heterocycles. The summed E-state index contributed by atoms with van der Waals surface area (Å²) in [5.41, 5.74) is 14.6. The molecule has 1 fully saturated rings. The Morgan fingerprint density at radius 3 is 2.61 bits per heavy atom. The summed E-state index contributed by atoms with van der Waals surface area (Å²) in [6.45, 7) is 8.32. The molecule has 0 unspecified atom stereocenters. The van der Waals surface area contributed by atoms with Crippen LogP contribution in [0.3, 0.4) is 0 Å². The number of anilines is 2. The Bertz CT molecular complexity index is 710. The van der Waals surface area contributed by atoms with Crippen LogP contribution in [0.15, 0.2) is 6.07 Å². The first kappa shape index (κ1) is 15.8. The summed E-state index contributed by atoms with van der Waals surface area (Å²) in [6.07, 6.45) is 3.68. The highest BCUT2D eigenvalue weighted by atomic mass is 16.5. The summed E-state index contributed by atoms with van der Waals surface area (Å²) in [6, 6.07) is 1.92. The summed E-state index contributed by atoms with van der Waals surface area (Å²) in [5.74, 6) is 1.47. The van der Waals surface area contributed by atoms with Crippen molar-refractivity contribution in [2.75, 3.05) is 37.7 Å². The van der Waals surface area contributed by atoms with Gasteiger partial charge in [-0.15, -0.1) is 0 Å². The van der Waals surface area contributed by atoms with E-state index in [1.807, 2.05) is 19.9 Å². The van der Waals surface area contributed by atoms with Crippen molar-refractivity contribution < 1.29 is 4.74 Å².